The molecule has 2 nitrogen and oxygen atoms in total. The summed E-state index contributed by atoms with van der Waals surface area (Å²) in [7, 11) is 0. The van der Waals surface area contributed by atoms with E-state index in [1.54, 1.807) is 12.1 Å². The monoisotopic (exact) mass is 774 g/mol. The molecule has 288 valence electrons. The fraction of sp³-hybridized carbons (Fsp3) is 0.143. The maximum Gasteiger partial charge on any atom is 0.253 e. The molecule has 0 unspecified atom stereocenters. The number of hydrogen-bond donors (Lipinski definition) is 0. The lowest BCUT2D eigenvalue weighted by atomic mass is 9.33. The van der Waals surface area contributed by atoms with Crippen molar-refractivity contribution in [3.63, 3.8) is 0 Å². The van der Waals surface area contributed by atoms with Crippen LogP contribution >= 0.6 is 0 Å². The minimum atomic E-state index is -0.235. The average molecular weight is 775 g/mol. The van der Waals surface area contributed by atoms with Crippen LogP contribution in [0, 0.1) is 5.82 Å². The highest BCUT2D eigenvalue weighted by Crippen LogP contribution is 2.47. The second-order valence-corrected chi connectivity index (χ2v) is 19.1. The van der Waals surface area contributed by atoms with Crippen LogP contribution in [0.4, 0.5) is 4.39 Å². The van der Waals surface area contributed by atoms with Gasteiger partial charge in [0.15, 0.2) is 0 Å². The van der Waals surface area contributed by atoms with Gasteiger partial charge in [-0.25, -0.2) is 4.39 Å². The van der Waals surface area contributed by atoms with Gasteiger partial charge in [0.1, 0.15) is 5.82 Å². The van der Waals surface area contributed by atoms with E-state index in [4.69, 9.17) is 0 Å². The van der Waals surface area contributed by atoms with Crippen LogP contribution in [-0.2, 0) is 10.8 Å². The molecular weight excluding hydrogens is 730 g/mol. The molecule has 0 atom stereocenters. The van der Waals surface area contributed by atoms with Crippen LogP contribution in [0.1, 0.15) is 52.7 Å². The molecule has 0 saturated carbocycles. The van der Waals surface area contributed by atoms with Gasteiger partial charge in [0, 0.05) is 38.6 Å². The lowest BCUT2D eigenvalue weighted by Crippen LogP contribution is -2.60. The Kier molecular flexibility index (Phi) is 7.18. The van der Waals surface area contributed by atoms with Crippen molar-refractivity contribution >= 4 is 66.6 Å². The van der Waals surface area contributed by atoms with E-state index in [2.05, 4.69) is 184 Å². The van der Waals surface area contributed by atoms with Crippen molar-refractivity contribution in [2.75, 3.05) is 0 Å². The number of halogens is 1. The van der Waals surface area contributed by atoms with Gasteiger partial charge in [0.05, 0.1) is 16.7 Å². The molecule has 0 N–H and O–H groups in total. The first-order valence-electron chi connectivity index (χ1n) is 21.2. The van der Waals surface area contributed by atoms with Crippen molar-refractivity contribution in [3.8, 4) is 44.9 Å². The number of benzene rings is 8. The summed E-state index contributed by atoms with van der Waals surface area (Å²) in [6.07, 6.45) is 0. The van der Waals surface area contributed by atoms with E-state index < -0.39 is 0 Å². The molecule has 12 rings (SSSR count). The number of hydrogen-bond acceptors (Lipinski definition) is 0. The fourth-order valence-corrected chi connectivity index (χ4v) is 10.5. The van der Waals surface area contributed by atoms with E-state index in [0.717, 1.165) is 16.7 Å². The Labute approximate surface area is 350 Å². The molecule has 8 aromatic carbocycles. The van der Waals surface area contributed by atoms with Crippen molar-refractivity contribution < 1.29 is 4.39 Å². The van der Waals surface area contributed by atoms with Gasteiger partial charge >= 0.3 is 0 Å². The Hall–Kier alpha value is -6.65. The highest BCUT2D eigenvalue weighted by molar-refractivity contribution is 7.01. The molecule has 0 aliphatic carbocycles. The van der Waals surface area contributed by atoms with E-state index in [1.165, 1.54) is 99.2 Å². The average Bonchev–Trinajstić information content (AvgIpc) is 3.77. The fourth-order valence-electron chi connectivity index (χ4n) is 10.5. The molecule has 4 heteroatoms. The predicted molar refractivity (Wildman–Crippen MR) is 253 cm³/mol. The summed E-state index contributed by atoms with van der Waals surface area (Å²) in [4.78, 5) is 0. The predicted octanol–water partition coefficient (Wildman–Crippen LogP) is 12.8. The van der Waals surface area contributed by atoms with E-state index in [1.807, 2.05) is 12.1 Å². The van der Waals surface area contributed by atoms with Crippen LogP contribution in [0.2, 0.25) is 0 Å². The topological polar surface area (TPSA) is 9.86 Å². The SMILES string of the molecule is CC(C)(C)c1ccc2c(c1)c1cc(C(C)(C)C)cc3c1n2-c1cc(-c2ccc(F)cc2)cc2c1B3c1c3ccccc3cc3c(-c4ccccc4)c(-c4ccccc4)n-2c13. The Morgan fingerprint density at radius 1 is 0.450 bits per heavy atom. The summed E-state index contributed by atoms with van der Waals surface area (Å²) in [6, 6.07) is 57.3. The van der Waals surface area contributed by atoms with Crippen LogP contribution in [0.25, 0.3) is 88.4 Å². The molecule has 2 aliphatic rings. The van der Waals surface area contributed by atoms with Crippen LogP contribution in [0.3, 0.4) is 0 Å². The number of fused-ring (bicyclic) bond motifs is 9. The van der Waals surface area contributed by atoms with Gasteiger partial charge in [0.25, 0.3) is 6.71 Å². The zero-order valence-corrected chi connectivity index (χ0v) is 34.9. The zero-order chi connectivity index (χ0) is 40.8. The second-order valence-electron chi connectivity index (χ2n) is 19.1. The third-order valence-electron chi connectivity index (χ3n) is 13.4. The molecule has 0 fully saturated rings. The summed E-state index contributed by atoms with van der Waals surface area (Å²) in [6.45, 7) is 13.9. The minimum absolute atomic E-state index is 0.0120. The first-order chi connectivity index (χ1) is 29.0. The van der Waals surface area contributed by atoms with Crippen molar-refractivity contribution in [3.05, 3.63) is 175 Å². The lowest BCUT2D eigenvalue weighted by Gasteiger charge is -2.36. The highest BCUT2D eigenvalue weighted by Gasteiger charge is 2.44. The van der Waals surface area contributed by atoms with Gasteiger partial charge in [-0.2, -0.15) is 0 Å². The maximum atomic E-state index is 14.6. The van der Waals surface area contributed by atoms with Crippen LogP contribution in [0.5, 0.6) is 0 Å². The van der Waals surface area contributed by atoms with Gasteiger partial charge in [-0.05, 0) is 120 Å². The molecule has 60 heavy (non-hydrogen) atoms. The normalized spacial score (nSPS) is 13.2. The van der Waals surface area contributed by atoms with Crippen LogP contribution < -0.4 is 16.4 Å². The summed E-state index contributed by atoms with van der Waals surface area (Å²) in [5, 5.41) is 6.35. The van der Waals surface area contributed by atoms with E-state index in [0.29, 0.717) is 0 Å². The van der Waals surface area contributed by atoms with Gasteiger partial charge in [-0.3, -0.25) is 0 Å². The van der Waals surface area contributed by atoms with Crippen LogP contribution in [-0.4, -0.2) is 15.8 Å². The Balaban J connectivity index is 1.35. The number of nitrogens with zero attached hydrogens (tertiary/aromatic N) is 2. The third kappa shape index (κ3) is 4.88. The molecule has 0 spiro atoms. The van der Waals surface area contributed by atoms with Crippen molar-refractivity contribution in [2.24, 2.45) is 0 Å². The van der Waals surface area contributed by atoms with Gasteiger partial charge in [-0.1, -0.05) is 151 Å². The molecule has 10 aromatic rings. The Morgan fingerprint density at radius 2 is 1.08 bits per heavy atom. The molecule has 0 bridgehead atoms. The summed E-state index contributed by atoms with van der Waals surface area (Å²) in [5.74, 6) is -0.235. The molecule has 0 saturated heterocycles. The molecular formula is C56H44BFN2. The summed E-state index contributed by atoms with van der Waals surface area (Å²) >= 11 is 0. The highest BCUT2D eigenvalue weighted by atomic mass is 19.1. The Bertz CT molecular complexity index is 3430. The first-order valence-corrected chi connectivity index (χ1v) is 21.2. The summed E-state index contributed by atoms with van der Waals surface area (Å²) < 4.78 is 19.8. The maximum absolute atomic E-state index is 14.6. The molecule has 4 heterocycles. The lowest BCUT2D eigenvalue weighted by molar-refractivity contribution is 0.590. The summed E-state index contributed by atoms with van der Waals surface area (Å²) in [5.41, 5.74) is 19.5. The van der Waals surface area contributed by atoms with E-state index >= 15 is 0 Å². The largest absolute Gasteiger partial charge is 0.310 e. The smallest absolute Gasteiger partial charge is 0.253 e. The molecule has 2 aliphatic heterocycles. The van der Waals surface area contributed by atoms with Gasteiger partial charge < -0.3 is 9.13 Å². The van der Waals surface area contributed by atoms with Gasteiger partial charge in [-0.15, -0.1) is 0 Å². The molecule has 0 amide bonds. The second kappa shape index (κ2) is 12.2. The minimum Gasteiger partial charge on any atom is -0.310 e. The standard InChI is InChI=1S/C56H44BFN2/c1-55(2,3)38-23-26-46-42(30-38)43-31-39(56(4,5)6)32-45-53(43)59(46)47-28-37(33-21-24-40(58)25-22-33)29-48-51(47)57(45)50-41-20-14-13-19-36(41)27-44-49(34-15-9-7-10-16-34)52(60(48)54(44)50)35-17-11-8-12-18-35/h7-32H,1-6H3. The Morgan fingerprint density at radius 3 is 1.78 bits per heavy atom. The quantitative estimate of drug-likeness (QED) is 0.158. The molecule has 2 aromatic heterocycles. The first kappa shape index (κ1) is 35.3. The van der Waals surface area contributed by atoms with Crippen molar-refractivity contribution in [1.82, 2.24) is 9.13 Å². The van der Waals surface area contributed by atoms with E-state index in [9.17, 15) is 4.39 Å². The molecule has 0 radical (unpaired) electrons. The number of aromatic nitrogens is 2. The third-order valence-corrected chi connectivity index (χ3v) is 13.4. The van der Waals surface area contributed by atoms with E-state index in [-0.39, 0.29) is 23.4 Å². The van der Waals surface area contributed by atoms with Crippen molar-refractivity contribution in [1.29, 1.82) is 0 Å². The number of rotatable bonds is 3. The zero-order valence-electron chi connectivity index (χ0n) is 34.9. The van der Waals surface area contributed by atoms with Gasteiger partial charge in [0.2, 0.25) is 0 Å². The van der Waals surface area contributed by atoms with Crippen molar-refractivity contribution in [2.45, 2.75) is 52.4 Å². The van der Waals surface area contributed by atoms with Crippen LogP contribution in [0.15, 0.2) is 158 Å².